The van der Waals surface area contributed by atoms with E-state index in [4.69, 9.17) is 0 Å². The maximum absolute atomic E-state index is 11.9. The second-order valence-corrected chi connectivity index (χ2v) is 5.62. The van der Waals surface area contributed by atoms with Gasteiger partial charge in [-0.1, -0.05) is 37.3 Å². The van der Waals surface area contributed by atoms with E-state index in [0.29, 0.717) is 11.3 Å². The van der Waals surface area contributed by atoms with Crippen LogP contribution in [-0.4, -0.2) is 24.5 Å². The molecular formula is C16H17N5O2. The van der Waals surface area contributed by atoms with Gasteiger partial charge in [0.1, 0.15) is 5.69 Å². The Morgan fingerprint density at radius 2 is 1.87 bits per heavy atom. The summed E-state index contributed by atoms with van der Waals surface area (Å²) in [5, 5.41) is 8.15. The summed E-state index contributed by atoms with van der Waals surface area (Å²) in [5.41, 5.74) is 1.31. The van der Waals surface area contributed by atoms with E-state index in [1.807, 2.05) is 44.2 Å². The second-order valence-electron chi connectivity index (χ2n) is 5.62. The van der Waals surface area contributed by atoms with Gasteiger partial charge in [0.2, 0.25) is 0 Å². The molecule has 0 fully saturated rings. The number of para-hydroxylation sites is 1. The average molecular weight is 311 g/mol. The molecule has 3 aromatic rings. The fourth-order valence-electron chi connectivity index (χ4n) is 2.31. The van der Waals surface area contributed by atoms with Gasteiger partial charge in [0.05, 0.1) is 18.4 Å². The Hall–Kier alpha value is -2.96. The molecule has 2 aromatic heterocycles. The largest absolute Gasteiger partial charge is 0.328 e. The van der Waals surface area contributed by atoms with Crippen molar-refractivity contribution in [1.82, 2.24) is 24.5 Å². The van der Waals surface area contributed by atoms with E-state index in [-0.39, 0.29) is 18.0 Å². The molecule has 0 amide bonds. The lowest BCUT2D eigenvalue weighted by Gasteiger charge is -2.07. The molecule has 7 heteroatoms. The molecule has 0 radical (unpaired) electrons. The van der Waals surface area contributed by atoms with Crippen LogP contribution in [0.5, 0.6) is 0 Å². The zero-order valence-corrected chi connectivity index (χ0v) is 12.9. The van der Waals surface area contributed by atoms with E-state index in [1.54, 1.807) is 17.1 Å². The lowest BCUT2D eigenvalue weighted by atomic mass is 10.1. The molecule has 0 aliphatic heterocycles. The quantitative estimate of drug-likeness (QED) is 0.786. The highest BCUT2D eigenvalue weighted by atomic mass is 16.2. The molecular weight excluding hydrogens is 294 g/mol. The van der Waals surface area contributed by atoms with E-state index in [1.165, 1.54) is 4.57 Å². The number of benzene rings is 1. The third-order valence-corrected chi connectivity index (χ3v) is 3.55. The van der Waals surface area contributed by atoms with Crippen molar-refractivity contribution in [3.63, 3.8) is 0 Å². The van der Waals surface area contributed by atoms with Crippen molar-refractivity contribution in [2.24, 2.45) is 0 Å². The first-order valence-corrected chi connectivity index (χ1v) is 7.35. The van der Waals surface area contributed by atoms with Crippen LogP contribution >= 0.6 is 0 Å². The van der Waals surface area contributed by atoms with Crippen LogP contribution in [0, 0.1) is 0 Å². The molecule has 0 aliphatic rings. The molecule has 0 aliphatic carbocycles. The summed E-state index contributed by atoms with van der Waals surface area (Å²) in [7, 11) is 0. The summed E-state index contributed by atoms with van der Waals surface area (Å²) in [6, 6.07) is 9.59. The van der Waals surface area contributed by atoms with Crippen LogP contribution < -0.4 is 11.2 Å². The number of rotatable bonds is 4. The zero-order chi connectivity index (χ0) is 16.4. The molecule has 0 spiro atoms. The summed E-state index contributed by atoms with van der Waals surface area (Å²) in [6.07, 6.45) is 3.36. The third-order valence-electron chi connectivity index (χ3n) is 3.55. The maximum Gasteiger partial charge on any atom is 0.328 e. The van der Waals surface area contributed by atoms with Crippen LogP contribution in [0.1, 0.15) is 31.0 Å². The van der Waals surface area contributed by atoms with Crippen LogP contribution in [-0.2, 0) is 6.54 Å². The van der Waals surface area contributed by atoms with E-state index >= 15 is 0 Å². The first kappa shape index (κ1) is 15.0. The summed E-state index contributed by atoms with van der Waals surface area (Å²) < 4.78 is 3.09. The Morgan fingerprint density at radius 1 is 1.13 bits per heavy atom. The maximum atomic E-state index is 11.9. The Labute approximate surface area is 132 Å². The van der Waals surface area contributed by atoms with Crippen LogP contribution in [0.25, 0.3) is 5.69 Å². The van der Waals surface area contributed by atoms with Gasteiger partial charge in [-0.25, -0.2) is 9.48 Å². The molecule has 0 unspecified atom stereocenters. The zero-order valence-electron chi connectivity index (χ0n) is 12.9. The summed E-state index contributed by atoms with van der Waals surface area (Å²) in [4.78, 5) is 26.1. The molecule has 0 saturated carbocycles. The number of hydrogen-bond acceptors (Lipinski definition) is 4. The predicted octanol–water partition coefficient (Wildman–Crippen LogP) is 1.29. The standard InChI is InChI=1S/C16H17N5O2/c1-11(2)14-10-20(16(23)17-15(14)22)8-12-9-21(19-18-12)13-6-4-3-5-7-13/h3-7,9-11H,8H2,1-2H3,(H,17,22,23). The molecule has 0 bridgehead atoms. The first-order valence-electron chi connectivity index (χ1n) is 7.35. The molecule has 2 heterocycles. The van der Waals surface area contributed by atoms with Crippen molar-refractivity contribution in [3.8, 4) is 5.69 Å². The first-order chi connectivity index (χ1) is 11.0. The normalized spacial score (nSPS) is 11.1. The molecule has 3 rings (SSSR count). The molecule has 7 nitrogen and oxygen atoms in total. The van der Waals surface area contributed by atoms with Crippen LogP contribution in [0.4, 0.5) is 0 Å². The number of H-pyrrole nitrogens is 1. The predicted molar refractivity (Wildman–Crippen MR) is 85.9 cm³/mol. The number of aromatic amines is 1. The average Bonchev–Trinajstić information content (AvgIpc) is 2.99. The van der Waals surface area contributed by atoms with Gasteiger partial charge in [0.15, 0.2) is 0 Å². The van der Waals surface area contributed by atoms with Crippen LogP contribution in [0.3, 0.4) is 0 Å². The lowest BCUT2D eigenvalue weighted by molar-refractivity contribution is 0.676. The topological polar surface area (TPSA) is 85.6 Å². The van der Waals surface area contributed by atoms with E-state index in [2.05, 4.69) is 15.3 Å². The molecule has 1 N–H and O–H groups in total. The molecule has 1 aromatic carbocycles. The summed E-state index contributed by atoms with van der Waals surface area (Å²) in [5.74, 6) is 0.0330. The van der Waals surface area contributed by atoms with Gasteiger partial charge in [0.25, 0.3) is 5.56 Å². The Morgan fingerprint density at radius 3 is 2.57 bits per heavy atom. The molecule has 23 heavy (non-hydrogen) atoms. The monoisotopic (exact) mass is 311 g/mol. The van der Waals surface area contributed by atoms with Crippen molar-refractivity contribution in [1.29, 1.82) is 0 Å². The van der Waals surface area contributed by atoms with Crippen molar-refractivity contribution >= 4 is 0 Å². The fraction of sp³-hybridized carbons (Fsp3) is 0.250. The molecule has 0 atom stereocenters. The van der Waals surface area contributed by atoms with Gasteiger partial charge in [0, 0.05) is 11.8 Å². The van der Waals surface area contributed by atoms with Crippen molar-refractivity contribution < 1.29 is 0 Å². The highest BCUT2D eigenvalue weighted by molar-refractivity contribution is 5.29. The lowest BCUT2D eigenvalue weighted by Crippen LogP contribution is -2.32. The van der Waals surface area contributed by atoms with E-state index in [9.17, 15) is 9.59 Å². The van der Waals surface area contributed by atoms with Gasteiger partial charge in [-0.15, -0.1) is 5.10 Å². The van der Waals surface area contributed by atoms with Crippen molar-refractivity contribution in [3.05, 3.63) is 74.8 Å². The van der Waals surface area contributed by atoms with Crippen LogP contribution in [0.15, 0.2) is 52.3 Å². The highest BCUT2D eigenvalue weighted by Gasteiger charge is 2.10. The van der Waals surface area contributed by atoms with Gasteiger partial charge in [-0.2, -0.15) is 0 Å². The molecule has 0 saturated heterocycles. The number of nitrogens with zero attached hydrogens (tertiary/aromatic N) is 4. The minimum atomic E-state index is -0.450. The highest BCUT2D eigenvalue weighted by Crippen LogP contribution is 2.09. The number of nitrogens with one attached hydrogen (secondary N) is 1. The minimum absolute atomic E-state index is 0.0330. The van der Waals surface area contributed by atoms with Crippen molar-refractivity contribution in [2.45, 2.75) is 26.3 Å². The minimum Gasteiger partial charge on any atom is -0.294 e. The smallest absolute Gasteiger partial charge is 0.294 e. The summed E-state index contributed by atoms with van der Waals surface area (Å²) >= 11 is 0. The molecule has 118 valence electrons. The Kier molecular flexibility index (Phi) is 3.92. The van der Waals surface area contributed by atoms with E-state index < -0.39 is 5.69 Å². The number of hydrogen-bond donors (Lipinski definition) is 1. The second kappa shape index (κ2) is 6.04. The SMILES string of the molecule is CC(C)c1cn(Cc2cn(-c3ccccc3)nn2)c(=O)[nH]c1=O. The van der Waals surface area contributed by atoms with Gasteiger partial charge >= 0.3 is 5.69 Å². The Balaban J connectivity index is 1.91. The van der Waals surface area contributed by atoms with Crippen LogP contribution in [0.2, 0.25) is 0 Å². The van der Waals surface area contributed by atoms with Gasteiger partial charge in [-0.05, 0) is 18.1 Å². The Bertz CT molecular complexity index is 921. The van der Waals surface area contributed by atoms with E-state index in [0.717, 1.165) is 5.69 Å². The van der Waals surface area contributed by atoms with Crippen molar-refractivity contribution in [2.75, 3.05) is 0 Å². The number of aromatic nitrogens is 5. The fourth-order valence-corrected chi connectivity index (χ4v) is 2.31. The van der Waals surface area contributed by atoms with Gasteiger partial charge in [-0.3, -0.25) is 14.3 Å². The summed E-state index contributed by atoms with van der Waals surface area (Å²) in [6.45, 7) is 4.07. The third kappa shape index (κ3) is 3.13. The van der Waals surface area contributed by atoms with Gasteiger partial charge < -0.3 is 0 Å².